The van der Waals surface area contributed by atoms with Gasteiger partial charge in [-0.1, -0.05) is 0 Å². The minimum absolute atomic E-state index is 0.302. The van der Waals surface area contributed by atoms with Crippen molar-refractivity contribution in [2.24, 2.45) is 17.3 Å². The fourth-order valence-corrected chi connectivity index (χ4v) is 6.77. The van der Waals surface area contributed by atoms with Gasteiger partial charge in [-0.2, -0.15) is 0 Å². The lowest BCUT2D eigenvalue weighted by Gasteiger charge is -2.35. The van der Waals surface area contributed by atoms with Crippen molar-refractivity contribution in [3.8, 4) is 5.75 Å². The van der Waals surface area contributed by atoms with Crippen molar-refractivity contribution in [2.45, 2.75) is 32.1 Å². The smallest absolute Gasteiger partial charge is 0.258 e. The number of sulfonamides is 1. The Kier molecular flexibility index (Phi) is 6.38. The van der Waals surface area contributed by atoms with Gasteiger partial charge < -0.3 is 25.0 Å². The summed E-state index contributed by atoms with van der Waals surface area (Å²) in [5, 5.41) is 12.1. The summed E-state index contributed by atoms with van der Waals surface area (Å²) in [6.07, 6.45) is 5.94. The van der Waals surface area contributed by atoms with Crippen molar-refractivity contribution < 1.29 is 23.1 Å². The van der Waals surface area contributed by atoms with Crippen LogP contribution >= 0.6 is 0 Å². The summed E-state index contributed by atoms with van der Waals surface area (Å²) in [5.74, 6) is 2.65. The second kappa shape index (κ2) is 9.60. The standard InChI is InChI=1S/C27H35N5O5S/c1-37-23-4-5-24(28-25(23)32-16-18-14-19(18)17-32)29-26(34)21-3-2-20(30-38(35,36)13-12-33)15-22(21)31-10-8-27(6-7-27)9-11-31/h2-5,15,18-19,30,33H,6-14,16-17H2,1H3,(H,28,29,34). The number of pyridine rings is 1. The van der Waals surface area contributed by atoms with Crippen molar-refractivity contribution >= 4 is 38.9 Å². The molecule has 1 spiro atoms. The summed E-state index contributed by atoms with van der Waals surface area (Å²) >= 11 is 0. The van der Waals surface area contributed by atoms with Crippen LogP contribution < -0.4 is 24.6 Å². The molecule has 10 nitrogen and oxygen atoms in total. The highest BCUT2D eigenvalue weighted by molar-refractivity contribution is 7.92. The largest absolute Gasteiger partial charge is 0.493 e. The second-order valence-corrected chi connectivity index (χ2v) is 13.0. The van der Waals surface area contributed by atoms with Gasteiger partial charge in [-0.15, -0.1) is 0 Å². The monoisotopic (exact) mass is 541 g/mol. The Morgan fingerprint density at radius 2 is 1.84 bits per heavy atom. The molecule has 3 heterocycles. The molecule has 1 amide bonds. The van der Waals surface area contributed by atoms with Gasteiger partial charge in [0.05, 0.1) is 36.4 Å². The van der Waals surface area contributed by atoms with E-state index in [1.807, 2.05) is 6.07 Å². The highest BCUT2D eigenvalue weighted by Gasteiger charge is 2.46. The van der Waals surface area contributed by atoms with Gasteiger partial charge in [-0.25, -0.2) is 13.4 Å². The van der Waals surface area contributed by atoms with Crippen molar-refractivity contribution in [3.05, 3.63) is 35.9 Å². The van der Waals surface area contributed by atoms with Crippen molar-refractivity contribution in [1.82, 2.24) is 4.98 Å². The Labute approximate surface area is 223 Å². The average Bonchev–Trinajstić information content (AvgIpc) is 3.80. The lowest BCUT2D eigenvalue weighted by molar-refractivity contribution is 0.102. The van der Waals surface area contributed by atoms with E-state index in [-0.39, 0.29) is 11.7 Å². The third-order valence-corrected chi connectivity index (χ3v) is 9.84. The predicted molar refractivity (Wildman–Crippen MR) is 147 cm³/mol. The van der Waals surface area contributed by atoms with Crippen molar-refractivity contribution in [1.29, 1.82) is 0 Å². The maximum atomic E-state index is 13.6. The molecule has 2 aliphatic carbocycles. The van der Waals surface area contributed by atoms with E-state index in [0.29, 0.717) is 33.9 Å². The first-order valence-electron chi connectivity index (χ1n) is 13.4. The first-order valence-corrected chi connectivity index (χ1v) is 15.0. The zero-order valence-electron chi connectivity index (χ0n) is 21.6. The molecule has 4 fully saturated rings. The van der Waals surface area contributed by atoms with Crippen LogP contribution in [0.25, 0.3) is 0 Å². The molecule has 204 valence electrons. The predicted octanol–water partition coefficient (Wildman–Crippen LogP) is 2.91. The minimum atomic E-state index is -3.69. The Hall–Kier alpha value is -3.05. The van der Waals surface area contributed by atoms with E-state index in [0.717, 1.165) is 56.7 Å². The topological polar surface area (TPSA) is 124 Å². The number of hydrogen-bond donors (Lipinski definition) is 3. The van der Waals surface area contributed by atoms with Crippen LogP contribution in [-0.2, 0) is 10.0 Å². The number of methoxy groups -OCH3 is 1. The van der Waals surface area contributed by atoms with E-state index < -0.39 is 16.6 Å². The molecule has 2 saturated carbocycles. The van der Waals surface area contributed by atoms with Gasteiger partial charge in [0, 0.05) is 26.2 Å². The van der Waals surface area contributed by atoms with Gasteiger partial charge >= 0.3 is 0 Å². The Bertz CT molecular complexity index is 1330. The average molecular weight is 542 g/mol. The number of aliphatic hydroxyl groups excluding tert-OH is 1. The summed E-state index contributed by atoms with van der Waals surface area (Å²) < 4.78 is 32.6. The van der Waals surface area contributed by atoms with Gasteiger partial charge in [-0.3, -0.25) is 9.52 Å². The molecule has 2 aromatic rings. The van der Waals surface area contributed by atoms with Gasteiger partial charge in [0.15, 0.2) is 11.6 Å². The zero-order valence-corrected chi connectivity index (χ0v) is 22.5. The molecule has 11 heteroatoms. The molecule has 1 aromatic heterocycles. The van der Waals surface area contributed by atoms with Gasteiger partial charge in [0.25, 0.3) is 5.91 Å². The highest BCUT2D eigenvalue weighted by atomic mass is 32.2. The van der Waals surface area contributed by atoms with E-state index in [1.165, 1.54) is 19.3 Å². The fourth-order valence-electron chi connectivity index (χ4n) is 5.94. The molecule has 6 rings (SSSR count). The molecule has 3 N–H and O–H groups in total. The number of carbonyl (C=O) groups is 1. The van der Waals surface area contributed by atoms with E-state index in [4.69, 9.17) is 14.8 Å². The van der Waals surface area contributed by atoms with Crippen LogP contribution in [0.2, 0.25) is 0 Å². The first-order chi connectivity index (χ1) is 18.3. The molecule has 1 aromatic carbocycles. The fraction of sp³-hybridized carbons (Fsp3) is 0.556. The van der Waals surface area contributed by atoms with Crippen LogP contribution in [0, 0.1) is 17.3 Å². The number of nitrogens with zero attached hydrogens (tertiary/aromatic N) is 3. The quantitative estimate of drug-likeness (QED) is 0.443. The zero-order chi connectivity index (χ0) is 26.5. The van der Waals surface area contributed by atoms with Crippen LogP contribution in [0.15, 0.2) is 30.3 Å². The van der Waals surface area contributed by atoms with E-state index in [9.17, 15) is 13.2 Å². The molecular weight excluding hydrogens is 506 g/mol. The number of piperidine rings is 2. The van der Waals surface area contributed by atoms with Crippen LogP contribution in [0.1, 0.15) is 42.5 Å². The summed E-state index contributed by atoms with van der Waals surface area (Å²) in [6.45, 7) is 3.08. The van der Waals surface area contributed by atoms with Gasteiger partial charge in [0.2, 0.25) is 10.0 Å². The number of nitrogens with one attached hydrogen (secondary N) is 2. The van der Waals surface area contributed by atoms with Crippen molar-refractivity contribution in [3.63, 3.8) is 0 Å². The molecule has 0 bridgehead atoms. The Morgan fingerprint density at radius 3 is 2.50 bits per heavy atom. The van der Waals surface area contributed by atoms with Crippen molar-refractivity contribution in [2.75, 3.05) is 65.5 Å². The minimum Gasteiger partial charge on any atom is -0.493 e. The maximum absolute atomic E-state index is 13.6. The van der Waals surface area contributed by atoms with E-state index >= 15 is 0 Å². The molecule has 2 aliphatic heterocycles. The molecule has 4 aliphatic rings. The summed E-state index contributed by atoms with van der Waals surface area (Å²) in [5.41, 5.74) is 1.98. The summed E-state index contributed by atoms with van der Waals surface area (Å²) in [4.78, 5) is 22.7. The maximum Gasteiger partial charge on any atom is 0.258 e. The number of anilines is 4. The summed E-state index contributed by atoms with van der Waals surface area (Å²) in [7, 11) is -2.06. The highest BCUT2D eigenvalue weighted by Crippen LogP contribution is 2.54. The van der Waals surface area contributed by atoms with Crippen LogP contribution in [0.5, 0.6) is 5.75 Å². The Balaban J connectivity index is 1.26. The molecule has 2 saturated heterocycles. The lowest BCUT2D eigenvalue weighted by Crippen LogP contribution is -2.35. The number of carbonyl (C=O) groups excluding carboxylic acids is 1. The molecule has 2 unspecified atom stereocenters. The lowest BCUT2D eigenvalue weighted by atomic mass is 9.93. The number of aliphatic hydroxyl groups is 1. The third-order valence-electron chi connectivity index (χ3n) is 8.58. The molecule has 0 radical (unpaired) electrons. The number of amides is 1. The summed E-state index contributed by atoms with van der Waals surface area (Å²) in [6, 6.07) is 8.54. The number of aromatic nitrogens is 1. The van der Waals surface area contributed by atoms with E-state index in [1.54, 1.807) is 31.4 Å². The van der Waals surface area contributed by atoms with Crippen LogP contribution in [0.3, 0.4) is 0 Å². The normalized spacial score (nSPS) is 23.2. The van der Waals surface area contributed by atoms with Crippen LogP contribution in [0.4, 0.5) is 23.0 Å². The Morgan fingerprint density at radius 1 is 1.11 bits per heavy atom. The second-order valence-electron chi connectivity index (χ2n) is 11.2. The number of benzene rings is 1. The number of hydrogen-bond acceptors (Lipinski definition) is 8. The molecular formula is C27H35N5O5S. The third kappa shape index (κ3) is 5.13. The number of fused-ring (bicyclic) bond motifs is 1. The van der Waals surface area contributed by atoms with Crippen LogP contribution in [-0.4, -0.2) is 70.1 Å². The molecule has 2 atom stereocenters. The SMILES string of the molecule is COc1ccc(NC(=O)c2ccc(NS(=O)(=O)CCO)cc2N2CCC3(CC2)CC3)nc1N1CC2CC2C1. The van der Waals surface area contributed by atoms with E-state index in [2.05, 4.69) is 19.8 Å². The van der Waals surface area contributed by atoms with Gasteiger partial charge in [-0.05, 0) is 79.7 Å². The number of ether oxygens (including phenoxy) is 1. The molecule has 38 heavy (non-hydrogen) atoms. The van der Waals surface area contributed by atoms with Gasteiger partial charge in [0.1, 0.15) is 5.82 Å². The first kappa shape index (κ1) is 25.2. The number of rotatable bonds is 9.